The highest BCUT2D eigenvalue weighted by molar-refractivity contribution is 5.92. The van der Waals surface area contributed by atoms with Crippen LogP contribution in [0.3, 0.4) is 0 Å². The van der Waals surface area contributed by atoms with Crippen molar-refractivity contribution >= 4 is 16.9 Å². The van der Waals surface area contributed by atoms with Crippen LogP contribution in [-0.4, -0.2) is 22.4 Å². The number of fused-ring (bicyclic) bond motifs is 1. The number of benzene rings is 2. The van der Waals surface area contributed by atoms with Crippen molar-refractivity contribution in [2.24, 2.45) is 0 Å². The fourth-order valence-electron chi connectivity index (χ4n) is 2.36. The van der Waals surface area contributed by atoms with Crippen molar-refractivity contribution in [3.05, 3.63) is 71.2 Å². The minimum Gasteiger partial charge on any atom is -0.710 e. The summed E-state index contributed by atoms with van der Waals surface area (Å²) in [6.45, 7) is 0.379. The Morgan fingerprint density at radius 2 is 1.82 bits per heavy atom. The van der Waals surface area contributed by atoms with Crippen LogP contribution in [0.4, 0.5) is 0 Å². The minimum atomic E-state index is -0.607. The van der Waals surface area contributed by atoms with Gasteiger partial charge in [-0.3, -0.25) is 4.79 Å². The van der Waals surface area contributed by atoms with E-state index in [0.29, 0.717) is 27.9 Å². The molecule has 0 spiro atoms. The lowest BCUT2D eigenvalue weighted by Crippen LogP contribution is -2.40. The molecule has 3 aromatic rings. The monoisotopic (exact) mass is 297 g/mol. The summed E-state index contributed by atoms with van der Waals surface area (Å²) in [7, 11) is 0. The van der Waals surface area contributed by atoms with Crippen LogP contribution in [0.15, 0.2) is 54.6 Å². The van der Waals surface area contributed by atoms with Gasteiger partial charge < -0.3 is 15.7 Å². The van der Waals surface area contributed by atoms with Crippen LogP contribution >= 0.6 is 0 Å². The van der Waals surface area contributed by atoms with Crippen LogP contribution in [0, 0.1) is 5.21 Å². The van der Waals surface area contributed by atoms with Crippen molar-refractivity contribution in [2.75, 3.05) is 6.54 Å². The molecule has 0 aliphatic rings. The van der Waals surface area contributed by atoms with Gasteiger partial charge in [0.1, 0.15) is 0 Å². The van der Waals surface area contributed by atoms with Crippen LogP contribution in [0.2, 0.25) is 0 Å². The first kappa shape index (κ1) is 13.9. The number of para-hydroxylation sites is 2. The number of aromatic nitrogens is 2. The Bertz CT molecular complexity index is 773. The number of nitrogens with one attached hydrogen (secondary N) is 1. The Labute approximate surface area is 126 Å². The third-order valence-corrected chi connectivity index (χ3v) is 3.47. The van der Waals surface area contributed by atoms with Gasteiger partial charge in [-0.1, -0.05) is 42.5 Å². The molecule has 0 aliphatic carbocycles. The molecule has 2 N–H and O–H groups in total. The Balaban J connectivity index is 1.75. The maximum Gasteiger partial charge on any atom is 0.390 e. The van der Waals surface area contributed by atoms with Crippen molar-refractivity contribution < 1.29 is 14.7 Å². The van der Waals surface area contributed by atoms with Gasteiger partial charge in [-0.2, -0.15) is 0 Å². The third-order valence-electron chi connectivity index (χ3n) is 3.47. The van der Waals surface area contributed by atoms with Crippen molar-refractivity contribution in [3.8, 4) is 0 Å². The van der Waals surface area contributed by atoms with Crippen LogP contribution < -0.4 is 10.0 Å². The molecule has 0 saturated carbocycles. The van der Waals surface area contributed by atoms with Crippen molar-refractivity contribution in [3.63, 3.8) is 0 Å². The number of hydrogen-bond donors (Lipinski definition) is 2. The quantitative estimate of drug-likeness (QED) is 0.435. The molecule has 112 valence electrons. The summed E-state index contributed by atoms with van der Waals surface area (Å²) in [5, 5.41) is 24.7. The maximum absolute atomic E-state index is 12.1. The van der Waals surface area contributed by atoms with Gasteiger partial charge in [0.2, 0.25) is 5.52 Å². The zero-order chi connectivity index (χ0) is 15.5. The van der Waals surface area contributed by atoms with E-state index in [4.69, 9.17) is 0 Å². The molecule has 0 atom stereocenters. The average Bonchev–Trinajstić information content (AvgIpc) is 2.80. The molecular weight excluding hydrogens is 282 g/mol. The summed E-state index contributed by atoms with van der Waals surface area (Å²) >= 11 is 0. The number of amides is 1. The van der Waals surface area contributed by atoms with Crippen molar-refractivity contribution in [2.45, 2.75) is 6.42 Å². The fourth-order valence-corrected chi connectivity index (χ4v) is 2.36. The highest BCUT2D eigenvalue weighted by atomic mass is 16.5. The molecule has 0 unspecified atom stereocenters. The first-order valence-electron chi connectivity index (χ1n) is 6.93. The average molecular weight is 297 g/mol. The zero-order valence-electron chi connectivity index (χ0n) is 11.8. The number of carbonyl (C=O) groups is 1. The van der Waals surface area contributed by atoms with Crippen LogP contribution in [-0.2, 0) is 6.42 Å². The molecule has 0 radical (unpaired) electrons. The summed E-state index contributed by atoms with van der Waals surface area (Å²) in [6, 6.07) is 16.2. The molecule has 1 aromatic heterocycles. The molecular formula is C16H15N3O3. The third kappa shape index (κ3) is 2.46. The van der Waals surface area contributed by atoms with E-state index in [1.54, 1.807) is 24.3 Å². The molecule has 1 amide bonds. The normalized spacial score (nSPS) is 10.7. The number of imidazole rings is 1. The summed E-state index contributed by atoms with van der Waals surface area (Å²) < 4.78 is 1.06. The second-order valence-electron chi connectivity index (χ2n) is 4.91. The number of carbonyl (C=O) groups excluding carboxylic acids is 1. The van der Waals surface area contributed by atoms with E-state index in [1.165, 1.54) is 0 Å². The SMILES string of the molecule is O=C(NCCc1ccccc1)c1n(O)c2ccccc2[n+]1[O-]. The smallest absolute Gasteiger partial charge is 0.390 e. The lowest BCUT2D eigenvalue weighted by molar-refractivity contribution is -0.582. The van der Waals surface area contributed by atoms with Gasteiger partial charge in [0.25, 0.3) is 0 Å². The van der Waals surface area contributed by atoms with E-state index in [-0.39, 0.29) is 11.3 Å². The highest BCUT2D eigenvalue weighted by Gasteiger charge is 2.27. The van der Waals surface area contributed by atoms with Gasteiger partial charge in [-0.15, -0.1) is 0 Å². The van der Waals surface area contributed by atoms with Crippen molar-refractivity contribution in [1.82, 2.24) is 10.0 Å². The molecule has 3 rings (SSSR count). The lowest BCUT2D eigenvalue weighted by atomic mass is 10.1. The van der Waals surface area contributed by atoms with Gasteiger partial charge in [-0.25, -0.2) is 4.73 Å². The molecule has 6 heteroatoms. The molecule has 22 heavy (non-hydrogen) atoms. The van der Waals surface area contributed by atoms with Gasteiger partial charge in [0.15, 0.2) is 5.52 Å². The Morgan fingerprint density at radius 3 is 2.55 bits per heavy atom. The molecule has 1 heterocycles. The Kier molecular flexibility index (Phi) is 3.65. The topological polar surface area (TPSA) is 81.2 Å². The van der Waals surface area contributed by atoms with E-state index in [9.17, 15) is 15.2 Å². The summed E-state index contributed by atoms with van der Waals surface area (Å²) in [4.78, 5) is 12.1. The molecule has 2 aromatic carbocycles. The fraction of sp³-hybridized carbons (Fsp3) is 0.125. The standard InChI is InChI=1S/C16H15N3O3/c20-15(17-11-10-12-6-2-1-3-7-12)16-18(21)13-8-4-5-9-14(13)19(16)22/h1-9,21H,10-11H2,(H,17,20). The highest BCUT2D eigenvalue weighted by Crippen LogP contribution is 2.11. The molecule has 0 saturated heterocycles. The lowest BCUT2D eigenvalue weighted by Gasteiger charge is -2.05. The second-order valence-corrected chi connectivity index (χ2v) is 4.91. The van der Waals surface area contributed by atoms with Crippen LogP contribution in [0.5, 0.6) is 0 Å². The van der Waals surface area contributed by atoms with E-state index < -0.39 is 5.91 Å². The molecule has 0 fully saturated rings. The van der Waals surface area contributed by atoms with Crippen LogP contribution in [0.25, 0.3) is 11.0 Å². The summed E-state index contributed by atoms with van der Waals surface area (Å²) in [5.41, 5.74) is 1.63. The zero-order valence-corrected chi connectivity index (χ0v) is 11.8. The summed E-state index contributed by atoms with van der Waals surface area (Å²) in [5.74, 6) is -0.945. The van der Waals surface area contributed by atoms with Gasteiger partial charge >= 0.3 is 11.7 Å². The van der Waals surface area contributed by atoms with Gasteiger partial charge in [0, 0.05) is 6.54 Å². The van der Waals surface area contributed by atoms with Gasteiger partial charge in [-0.05, 0) is 28.8 Å². The molecule has 0 bridgehead atoms. The van der Waals surface area contributed by atoms with E-state index in [0.717, 1.165) is 5.56 Å². The number of nitrogens with zero attached hydrogens (tertiary/aromatic N) is 2. The van der Waals surface area contributed by atoms with Gasteiger partial charge in [0.05, 0.1) is 0 Å². The predicted octanol–water partition coefficient (Wildman–Crippen LogP) is 1.48. The second kappa shape index (κ2) is 5.77. The van der Waals surface area contributed by atoms with E-state index >= 15 is 0 Å². The summed E-state index contributed by atoms with van der Waals surface area (Å²) in [6.07, 6.45) is 0.650. The first-order chi connectivity index (χ1) is 10.7. The van der Waals surface area contributed by atoms with E-state index in [1.807, 2.05) is 30.3 Å². The molecule has 0 aliphatic heterocycles. The maximum atomic E-state index is 12.1. The number of hydrogen-bond acceptors (Lipinski definition) is 3. The largest absolute Gasteiger partial charge is 0.710 e. The predicted molar refractivity (Wildman–Crippen MR) is 80.6 cm³/mol. The Hall–Kier alpha value is -3.02. The minimum absolute atomic E-state index is 0.248. The van der Waals surface area contributed by atoms with Crippen LogP contribution in [0.1, 0.15) is 16.2 Å². The Morgan fingerprint density at radius 1 is 1.14 bits per heavy atom. The molecule has 6 nitrogen and oxygen atoms in total. The first-order valence-corrected chi connectivity index (χ1v) is 6.93. The van der Waals surface area contributed by atoms with E-state index in [2.05, 4.69) is 5.32 Å². The van der Waals surface area contributed by atoms with Crippen molar-refractivity contribution in [1.29, 1.82) is 0 Å². The number of rotatable bonds is 4.